The van der Waals surface area contributed by atoms with Gasteiger partial charge in [-0.25, -0.2) is 0 Å². The van der Waals surface area contributed by atoms with Crippen LogP contribution in [0.2, 0.25) is 0 Å². The normalized spacial score (nSPS) is 9.64. The molecule has 1 aromatic heterocycles. The Labute approximate surface area is 66.4 Å². The van der Waals surface area contributed by atoms with E-state index in [0.717, 1.165) is 23.5 Å². The van der Waals surface area contributed by atoms with Crippen LogP contribution in [-0.4, -0.2) is 0 Å². The van der Waals surface area contributed by atoms with E-state index in [1.807, 2.05) is 20.8 Å². The zero-order valence-electron chi connectivity index (χ0n) is 7.06. The minimum atomic E-state index is 0.713. The molecule has 0 aliphatic heterocycles. The zero-order chi connectivity index (χ0) is 8.43. The van der Waals surface area contributed by atoms with E-state index in [9.17, 15) is 0 Å². The van der Waals surface area contributed by atoms with E-state index in [1.165, 1.54) is 0 Å². The predicted molar refractivity (Wildman–Crippen MR) is 42.3 cm³/mol. The third-order valence-corrected chi connectivity index (χ3v) is 1.89. The van der Waals surface area contributed by atoms with Gasteiger partial charge in [0.1, 0.15) is 17.6 Å². The third-order valence-electron chi connectivity index (χ3n) is 1.89. The van der Waals surface area contributed by atoms with Gasteiger partial charge in [-0.05, 0) is 13.8 Å². The Morgan fingerprint density at radius 1 is 1.45 bits per heavy atom. The average molecular weight is 149 g/mol. The molecule has 0 fully saturated rings. The summed E-state index contributed by atoms with van der Waals surface area (Å²) in [6.45, 7) is 5.78. The van der Waals surface area contributed by atoms with Crippen molar-refractivity contribution < 1.29 is 4.42 Å². The number of hydrogen-bond donors (Lipinski definition) is 0. The highest BCUT2D eigenvalue weighted by Gasteiger charge is 2.11. The number of hydrogen-bond acceptors (Lipinski definition) is 2. The lowest BCUT2D eigenvalue weighted by Gasteiger charge is -1.86. The highest BCUT2D eigenvalue weighted by molar-refractivity contribution is 5.41. The summed E-state index contributed by atoms with van der Waals surface area (Å²) in [6.07, 6.45) is 0.789. The molecule has 0 aromatic carbocycles. The summed E-state index contributed by atoms with van der Waals surface area (Å²) in [4.78, 5) is 0. The standard InChI is InChI=1S/C9H11NO/c1-4-9-8(5-10)6(2)7(3)11-9/h4H2,1-3H3. The van der Waals surface area contributed by atoms with Gasteiger partial charge in [0.25, 0.3) is 0 Å². The molecule has 11 heavy (non-hydrogen) atoms. The summed E-state index contributed by atoms with van der Waals surface area (Å²) in [5.74, 6) is 1.67. The summed E-state index contributed by atoms with van der Waals surface area (Å²) in [6, 6.07) is 2.14. The van der Waals surface area contributed by atoms with E-state index in [2.05, 4.69) is 6.07 Å². The summed E-state index contributed by atoms with van der Waals surface area (Å²) in [7, 11) is 0. The molecule has 58 valence electrons. The monoisotopic (exact) mass is 149 g/mol. The van der Waals surface area contributed by atoms with Crippen LogP contribution in [0, 0.1) is 25.2 Å². The van der Waals surface area contributed by atoms with E-state index >= 15 is 0 Å². The summed E-state index contributed by atoms with van der Waals surface area (Å²) < 4.78 is 5.36. The molecule has 0 amide bonds. The van der Waals surface area contributed by atoms with Gasteiger partial charge in [-0.2, -0.15) is 5.26 Å². The number of rotatable bonds is 1. The van der Waals surface area contributed by atoms with Gasteiger partial charge >= 0.3 is 0 Å². The molecule has 1 rings (SSSR count). The highest BCUT2D eigenvalue weighted by atomic mass is 16.3. The van der Waals surface area contributed by atoms with E-state index in [-0.39, 0.29) is 0 Å². The van der Waals surface area contributed by atoms with E-state index in [1.54, 1.807) is 0 Å². The van der Waals surface area contributed by atoms with Crippen LogP contribution >= 0.6 is 0 Å². The minimum Gasteiger partial charge on any atom is -0.465 e. The van der Waals surface area contributed by atoms with Crippen LogP contribution < -0.4 is 0 Å². The Hall–Kier alpha value is -1.23. The molecule has 0 saturated heterocycles. The summed E-state index contributed by atoms with van der Waals surface area (Å²) in [5.41, 5.74) is 1.69. The van der Waals surface area contributed by atoms with Crippen LogP contribution in [-0.2, 0) is 6.42 Å². The van der Waals surface area contributed by atoms with Gasteiger partial charge in [-0.3, -0.25) is 0 Å². The second-order valence-electron chi connectivity index (χ2n) is 2.55. The van der Waals surface area contributed by atoms with Crippen molar-refractivity contribution in [3.63, 3.8) is 0 Å². The topological polar surface area (TPSA) is 36.9 Å². The Morgan fingerprint density at radius 2 is 2.09 bits per heavy atom. The van der Waals surface area contributed by atoms with Crippen LogP contribution in [0.3, 0.4) is 0 Å². The molecular weight excluding hydrogens is 138 g/mol. The Balaban J connectivity index is 3.29. The van der Waals surface area contributed by atoms with Crippen LogP contribution in [0.5, 0.6) is 0 Å². The zero-order valence-corrected chi connectivity index (χ0v) is 7.06. The van der Waals surface area contributed by atoms with Gasteiger partial charge in [-0.1, -0.05) is 6.92 Å². The number of aryl methyl sites for hydroxylation is 2. The molecule has 2 heteroatoms. The fourth-order valence-electron chi connectivity index (χ4n) is 1.09. The molecule has 0 spiro atoms. The molecule has 0 aliphatic carbocycles. The molecular formula is C9H11NO. The molecule has 0 saturated carbocycles. The number of nitriles is 1. The first-order chi connectivity index (χ1) is 5.20. The molecule has 0 radical (unpaired) electrons. The Morgan fingerprint density at radius 3 is 2.45 bits per heavy atom. The largest absolute Gasteiger partial charge is 0.465 e. The SMILES string of the molecule is CCc1oc(C)c(C)c1C#N. The summed E-state index contributed by atoms with van der Waals surface area (Å²) >= 11 is 0. The second-order valence-corrected chi connectivity index (χ2v) is 2.55. The Bertz CT molecular complexity index is 304. The van der Waals surface area contributed by atoms with Crippen LogP contribution in [0.1, 0.15) is 29.6 Å². The molecule has 0 atom stereocenters. The number of furan rings is 1. The van der Waals surface area contributed by atoms with Crippen LogP contribution in [0.25, 0.3) is 0 Å². The smallest absolute Gasteiger partial charge is 0.121 e. The van der Waals surface area contributed by atoms with Crippen molar-refractivity contribution in [3.8, 4) is 6.07 Å². The first-order valence-corrected chi connectivity index (χ1v) is 3.69. The molecule has 1 aromatic rings. The molecule has 1 heterocycles. The lowest BCUT2D eigenvalue weighted by molar-refractivity contribution is 0.486. The van der Waals surface area contributed by atoms with Crippen LogP contribution in [0.4, 0.5) is 0 Å². The van der Waals surface area contributed by atoms with Gasteiger partial charge in [0.15, 0.2) is 0 Å². The molecule has 0 aliphatic rings. The molecule has 0 unspecified atom stereocenters. The van der Waals surface area contributed by atoms with Gasteiger partial charge in [0.05, 0.1) is 5.56 Å². The summed E-state index contributed by atoms with van der Waals surface area (Å²) in [5, 5.41) is 8.73. The Kier molecular flexibility index (Phi) is 2.00. The first kappa shape index (κ1) is 7.87. The lowest BCUT2D eigenvalue weighted by atomic mass is 10.1. The van der Waals surface area contributed by atoms with Crippen molar-refractivity contribution in [3.05, 3.63) is 22.6 Å². The van der Waals surface area contributed by atoms with Crippen molar-refractivity contribution in [2.24, 2.45) is 0 Å². The van der Waals surface area contributed by atoms with Gasteiger partial charge < -0.3 is 4.42 Å². The lowest BCUT2D eigenvalue weighted by Crippen LogP contribution is -1.81. The van der Waals surface area contributed by atoms with Crippen LogP contribution in [0.15, 0.2) is 4.42 Å². The first-order valence-electron chi connectivity index (χ1n) is 3.69. The maximum atomic E-state index is 8.73. The van der Waals surface area contributed by atoms with Crippen molar-refractivity contribution in [1.29, 1.82) is 5.26 Å². The molecule has 2 nitrogen and oxygen atoms in total. The average Bonchev–Trinajstić information content (AvgIpc) is 2.28. The fourth-order valence-corrected chi connectivity index (χ4v) is 1.09. The van der Waals surface area contributed by atoms with Crippen molar-refractivity contribution in [2.45, 2.75) is 27.2 Å². The van der Waals surface area contributed by atoms with Gasteiger partial charge in [-0.15, -0.1) is 0 Å². The molecule has 0 bridgehead atoms. The second kappa shape index (κ2) is 2.79. The number of nitrogens with zero attached hydrogens (tertiary/aromatic N) is 1. The van der Waals surface area contributed by atoms with Crippen molar-refractivity contribution in [1.82, 2.24) is 0 Å². The van der Waals surface area contributed by atoms with Gasteiger partial charge in [0.2, 0.25) is 0 Å². The third kappa shape index (κ3) is 1.14. The fraction of sp³-hybridized carbons (Fsp3) is 0.444. The van der Waals surface area contributed by atoms with Crippen molar-refractivity contribution >= 4 is 0 Å². The minimum absolute atomic E-state index is 0.713. The van der Waals surface area contributed by atoms with Crippen molar-refractivity contribution in [2.75, 3.05) is 0 Å². The predicted octanol–water partition coefficient (Wildman–Crippen LogP) is 2.33. The molecule has 0 N–H and O–H groups in total. The van der Waals surface area contributed by atoms with E-state index in [4.69, 9.17) is 9.68 Å². The highest BCUT2D eigenvalue weighted by Crippen LogP contribution is 2.20. The quantitative estimate of drug-likeness (QED) is 0.614. The van der Waals surface area contributed by atoms with E-state index < -0.39 is 0 Å². The van der Waals surface area contributed by atoms with Gasteiger partial charge in [0, 0.05) is 12.0 Å². The van der Waals surface area contributed by atoms with E-state index in [0.29, 0.717) is 5.56 Å². The maximum absolute atomic E-state index is 8.73. The maximum Gasteiger partial charge on any atom is 0.121 e.